The second kappa shape index (κ2) is 7.69. The molecule has 0 unspecified atom stereocenters. The van der Waals surface area contributed by atoms with E-state index in [2.05, 4.69) is 10.0 Å². The van der Waals surface area contributed by atoms with Gasteiger partial charge in [-0.25, -0.2) is 8.42 Å². The molecular formula is C22H18N2O3S2. The smallest absolute Gasteiger partial charge is 0.261 e. The van der Waals surface area contributed by atoms with E-state index in [9.17, 15) is 13.2 Å². The third-order valence-electron chi connectivity index (χ3n) is 4.38. The molecule has 29 heavy (non-hydrogen) atoms. The van der Waals surface area contributed by atoms with Crippen LogP contribution in [-0.4, -0.2) is 14.3 Å². The summed E-state index contributed by atoms with van der Waals surface area (Å²) in [6.07, 6.45) is 0. The summed E-state index contributed by atoms with van der Waals surface area (Å²) in [5, 5.41) is 4.61. The Morgan fingerprint density at radius 3 is 2.45 bits per heavy atom. The molecule has 7 heteroatoms. The van der Waals surface area contributed by atoms with E-state index in [1.807, 2.05) is 43.3 Å². The second-order valence-corrected chi connectivity index (χ2v) is 9.34. The van der Waals surface area contributed by atoms with Gasteiger partial charge in [-0.3, -0.25) is 9.52 Å². The highest BCUT2D eigenvalue weighted by atomic mass is 32.2. The lowest BCUT2D eigenvalue weighted by Gasteiger charge is -2.12. The molecule has 5 nitrogen and oxygen atoms in total. The van der Waals surface area contributed by atoms with Gasteiger partial charge < -0.3 is 5.32 Å². The van der Waals surface area contributed by atoms with Crippen LogP contribution in [0.4, 0.5) is 10.7 Å². The van der Waals surface area contributed by atoms with Gasteiger partial charge in [0.25, 0.3) is 15.9 Å². The maximum atomic E-state index is 12.8. The lowest BCUT2D eigenvalue weighted by atomic mass is 10.1. The van der Waals surface area contributed by atoms with Gasteiger partial charge in [-0.15, -0.1) is 11.3 Å². The zero-order valence-electron chi connectivity index (χ0n) is 15.5. The number of hydrogen-bond acceptors (Lipinski definition) is 4. The SMILES string of the molecule is Cc1cccc(S(=O)(=O)Nc2ccccc2C(=O)Nc2cc3ccccc3s2)c1. The van der Waals surface area contributed by atoms with Crippen molar-refractivity contribution in [1.82, 2.24) is 0 Å². The Kier molecular flexibility index (Phi) is 5.08. The number of thiophene rings is 1. The van der Waals surface area contributed by atoms with Crippen LogP contribution in [0.2, 0.25) is 0 Å². The predicted octanol–water partition coefficient (Wildman–Crippen LogP) is 5.26. The average Bonchev–Trinajstić information content (AvgIpc) is 3.10. The maximum Gasteiger partial charge on any atom is 0.261 e. The molecule has 146 valence electrons. The fourth-order valence-corrected chi connectivity index (χ4v) is 5.12. The molecule has 4 aromatic rings. The predicted molar refractivity (Wildman–Crippen MR) is 118 cm³/mol. The summed E-state index contributed by atoms with van der Waals surface area (Å²) in [6.45, 7) is 1.82. The molecule has 0 radical (unpaired) electrons. The lowest BCUT2D eigenvalue weighted by molar-refractivity contribution is 0.102. The molecule has 0 saturated carbocycles. The molecule has 0 spiro atoms. The van der Waals surface area contributed by atoms with E-state index in [4.69, 9.17) is 0 Å². The van der Waals surface area contributed by atoms with Crippen molar-refractivity contribution < 1.29 is 13.2 Å². The van der Waals surface area contributed by atoms with E-state index in [0.717, 1.165) is 15.6 Å². The van der Waals surface area contributed by atoms with Gasteiger partial charge in [0, 0.05) is 4.70 Å². The summed E-state index contributed by atoms with van der Waals surface area (Å²) in [7, 11) is -3.81. The Morgan fingerprint density at radius 2 is 1.66 bits per heavy atom. The van der Waals surface area contributed by atoms with E-state index in [1.165, 1.54) is 17.4 Å². The van der Waals surface area contributed by atoms with Crippen molar-refractivity contribution in [2.45, 2.75) is 11.8 Å². The second-order valence-electron chi connectivity index (χ2n) is 6.57. The number of benzene rings is 3. The number of rotatable bonds is 5. The minimum Gasteiger partial charge on any atom is -0.313 e. The van der Waals surface area contributed by atoms with E-state index in [-0.39, 0.29) is 22.1 Å². The number of anilines is 2. The van der Waals surface area contributed by atoms with E-state index in [1.54, 1.807) is 36.4 Å². The first-order valence-corrected chi connectivity index (χ1v) is 11.2. The highest BCUT2D eigenvalue weighted by Gasteiger charge is 2.19. The van der Waals surface area contributed by atoms with Crippen molar-refractivity contribution in [2.24, 2.45) is 0 Å². The van der Waals surface area contributed by atoms with Gasteiger partial charge in [0.05, 0.1) is 21.1 Å². The minimum atomic E-state index is -3.81. The Balaban J connectivity index is 1.61. The van der Waals surface area contributed by atoms with Gasteiger partial charge >= 0.3 is 0 Å². The molecule has 0 saturated heterocycles. The quantitative estimate of drug-likeness (QED) is 0.460. The Hall–Kier alpha value is -3.16. The van der Waals surface area contributed by atoms with Crippen molar-refractivity contribution in [3.63, 3.8) is 0 Å². The van der Waals surface area contributed by atoms with E-state index < -0.39 is 10.0 Å². The number of amides is 1. The van der Waals surface area contributed by atoms with Gasteiger partial charge in [-0.2, -0.15) is 0 Å². The first kappa shape index (κ1) is 19.2. The van der Waals surface area contributed by atoms with Crippen LogP contribution >= 0.6 is 11.3 Å². The third-order valence-corrected chi connectivity index (χ3v) is 6.77. The zero-order valence-corrected chi connectivity index (χ0v) is 17.2. The van der Waals surface area contributed by atoms with E-state index in [0.29, 0.717) is 5.00 Å². The number of fused-ring (bicyclic) bond motifs is 1. The van der Waals surface area contributed by atoms with E-state index >= 15 is 0 Å². The standard InChI is InChI=1S/C22H18N2O3S2/c1-15-7-6-9-17(13-15)29(26,27)24-19-11-4-3-10-18(19)22(25)23-21-14-16-8-2-5-12-20(16)28-21/h2-14,24H,1H3,(H,23,25). The maximum absolute atomic E-state index is 12.8. The molecule has 1 aromatic heterocycles. The third kappa shape index (κ3) is 4.16. The number of para-hydroxylation sites is 1. The number of aryl methyl sites for hydroxylation is 1. The average molecular weight is 423 g/mol. The van der Waals surface area contributed by atoms with Crippen molar-refractivity contribution in [3.05, 3.63) is 90.0 Å². The largest absolute Gasteiger partial charge is 0.313 e. The summed E-state index contributed by atoms with van der Waals surface area (Å²) in [4.78, 5) is 13.0. The van der Waals surface area contributed by atoms with Gasteiger partial charge in [0.15, 0.2) is 0 Å². The summed E-state index contributed by atoms with van der Waals surface area (Å²) >= 11 is 1.47. The monoisotopic (exact) mass is 422 g/mol. The molecule has 0 atom stereocenters. The Bertz CT molecular complexity index is 1280. The number of sulfonamides is 1. The Morgan fingerprint density at radius 1 is 0.897 bits per heavy atom. The Labute approximate surface area is 173 Å². The highest BCUT2D eigenvalue weighted by molar-refractivity contribution is 7.92. The first-order chi connectivity index (χ1) is 13.9. The van der Waals surface area contributed by atoms with Crippen LogP contribution in [-0.2, 0) is 10.0 Å². The minimum absolute atomic E-state index is 0.150. The lowest BCUT2D eigenvalue weighted by Crippen LogP contribution is -2.18. The van der Waals surface area contributed by atoms with Gasteiger partial charge in [-0.1, -0.05) is 42.5 Å². The van der Waals surface area contributed by atoms with Crippen molar-refractivity contribution in [2.75, 3.05) is 10.0 Å². The number of hydrogen-bond donors (Lipinski definition) is 2. The first-order valence-electron chi connectivity index (χ1n) is 8.91. The topological polar surface area (TPSA) is 75.3 Å². The van der Waals surface area contributed by atoms with Crippen LogP contribution in [0.25, 0.3) is 10.1 Å². The fourth-order valence-electron chi connectivity index (χ4n) is 2.98. The molecule has 3 aromatic carbocycles. The van der Waals surface area contributed by atoms with Gasteiger partial charge in [0.2, 0.25) is 0 Å². The molecule has 0 aliphatic rings. The van der Waals surface area contributed by atoms with Crippen LogP contribution in [0.1, 0.15) is 15.9 Å². The number of carbonyl (C=O) groups excluding carboxylic acids is 1. The highest BCUT2D eigenvalue weighted by Crippen LogP contribution is 2.30. The van der Waals surface area contributed by atoms with Crippen molar-refractivity contribution in [3.8, 4) is 0 Å². The molecular weight excluding hydrogens is 404 g/mol. The fraction of sp³-hybridized carbons (Fsp3) is 0.0455. The molecule has 0 aliphatic carbocycles. The molecule has 0 aliphatic heterocycles. The summed E-state index contributed by atoms with van der Waals surface area (Å²) < 4.78 is 29.1. The van der Waals surface area contributed by atoms with Crippen LogP contribution in [0.3, 0.4) is 0 Å². The van der Waals surface area contributed by atoms with Crippen LogP contribution < -0.4 is 10.0 Å². The normalized spacial score (nSPS) is 11.3. The van der Waals surface area contributed by atoms with Crippen LogP contribution in [0, 0.1) is 6.92 Å². The molecule has 2 N–H and O–H groups in total. The van der Waals surface area contributed by atoms with Gasteiger partial charge in [0.1, 0.15) is 0 Å². The van der Waals surface area contributed by atoms with Crippen LogP contribution in [0.15, 0.2) is 83.8 Å². The number of nitrogens with one attached hydrogen (secondary N) is 2. The molecule has 0 fully saturated rings. The van der Waals surface area contributed by atoms with Crippen LogP contribution in [0.5, 0.6) is 0 Å². The summed E-state index contributed by atoms with van der Waals surface area (Å²) in [5.74, 6) is -0.376. The molecule has 0 bridgehead atoms. The number of carbonyl (C=O) groups is 1. The summed E-state index contributed by atoms with van der Waals surface area (Å²) in [6, 6.07) is 22.9. The van der Waals surface area contributed by atoms with Gasteiger partial charge in [-0.05, 0) is 54.3 Å². The zero-order chi connectivity index (χ0) is 20.4. The molecule has 1 amide bonds. The molecule has 4 rings (SSSR count). The molecule has 1 heterocycles. The van der Waals surface area contributed by atoms with Crippen molar-refractivity contribution in [1.29, 1.82) is 0 Å². The summed E-state index contributed by atoms with van der Waals surface area (Å²) in [5.41, 5.74) is 1.32. The van der Waals surface area contributed by atoms with Crippen molar-refractivity contribution >= 4 is 48.0 Å².